The van der Waals surface area contributed by atoms with E-state index in [9.17, 15) is 4.79 Å². The number of methoxy groups -OCH3 is 2. The van der Waals surface area contributed by atoms with Gasteiger partial charge in [-0.3, -0.25) is 0 Å². The summed E-state index contributed by atoms with van der Waals surface area (Å²) in [4.78, 5) is 14.6. The predicted octanol–water partition coefficient (Wildman–Crippen LogP) is 3.50. The number of hydrogen-bond donors (Lipinski definition) is 1. The molecule has 0 saturated heterocycles. The Labute approximate surface area is 160 Å². The van der Waals surface area contributed by atoms with Crippen molar-refractivity contribution in [1.29, 1.82) is 0 Å². The van der Waals surface area contributed by atoms with Gasteiger partial charge in [-0.25, -0.2) is 4.79 Å². The van der Waals surface area contributed by atoms with Gasteiger partial charge >= 0.3 is 6.03 Å². The average Bonchev–Trinajstić information content (AvgIpc) is 3.52. The third-order valence-corrected chi connectivity index (χ3v) is 5.82. The molecule has 0 aromatic heterocycles. The summed E-state index contributed by atoms with van der Waals surface area (Å²) in [5.74, 6) is 1.45. The van der Waals surface area contributed by atoms with Crippen LogP contribution in [0.5, 0.6) is 11.5 Å². The highest BCUT2D eigenvalue weighted by atomic mass is 16.5. The van der Waals surface area contributed by atoms with Gasteiger partial charge < -0.3 is 19.7 Å². The first-order valence-electron chi connectivity index (χ1n) is 9.47. The molecule has 4 rings (SSSR count). The van der Waals surface area contributed by atoms with Crippen molar-refractivity contribution < 1.29 is 14.3 Å². The summed E-state index contributed by atoms with van der Waals surface area (Å²) in [5, 5.41) is 3.17. The second-order valence-corrected chi connectivity index (χ2v) is 7.45. The van der Waals surface area contributed by atoms with Crippen LogP contribution in [-0.2, 0) is 18.4 Å². The fourth-order valence-electron chi connectivity index (χ4n) is 3.92. The van der Waals surface area contributed by atoms with E-state index in [0.29, 0.717) is 25.4 Å². The molecule has 0 atom stereocenters. The summed E-state index contributed by atoms with van der Waals surface area (Å²) in [7, 11) is 3.28. The average molecular weight is 366 g/mol. The first-order valence-corrected chi connectivity index (χ1v) is 9.47. The van der Waals surface area contributed by atoms with Crippen LogP contribution in [0.4, 0.5) is 4.79 Å². The Balaban J connectivity index is 1.41. The molecule has 0 radical (unpaired) electrons. The molecule has 5 nitrogen and oxygen atoms in total. The van der Waals surface area contributed by atoms with E-state index >= 15 is 0 Å². The normalized spacial score (nSPS) is 17.0. The molecule has 1 N–H and O–H groups in total. The first kappa shape index (κ1) is 17.7. The lowest BCUT2D eigenvalue weighted by Gasteiger charge is -2.30. The van der Waals surface area contributed by atoms with E-state index in [1.54, 1.807) is 14.2 Å². The van der Waals surface area contributed by atoms with Gasteiger partial charge in [0.1, 0.15) is 0 Å². The summed E-state index contributed by atoms with van der Waals surface area (Å²) < 4.78 is 10.8. The predicted molar refractivity (Wildman–Crippen MR) is 104 cm³/mol. The van der Waals surface area contributed by atoms with E-state index in [1.165, 1.54) is 11.1 Å². The molecule has 5 heteroatoms. The maximum atomic E-state index is 12.8. The smallest absolute Gasteiger partial charge is 0.317 e. The number of carbonyl (C=O) groups excluding carboxylic acids is 1. The number of ether oxygens (including phenoxy) is 2. The molecule has 1 fully saturated rings. The zero-order valence-corrected chi connectivity index (χ0v) is 16.0. The minimum atomic E-state index is 0.0117. The molecule has 0 bridgehead atoms. The van der Waals surface area contributed by atoms with Gasteiger partial charge in [0.2, 0.25) is 0 Å². The molecule has 27 heavy (non-hydrogen) atoms. The van der Waals surface area contributed by atoms with Crippen LogP contribution in [0.2, 0.25) is 0 Å². The fraction of sp³-hybridized carbons (Fsp3) is 0.409. The largest absolute Gasteiger partial charge is 0.493 e. The molecule has 0 spiro atoms. The van der Waals surface area contributed by atoms with Crippen molar-refractivity contribution in [2.45, 2.75) is 31.2 Å². The summed E-state index contributed by atoms with van der Waals surface area (Å²) >= 11 is 0. The van der Waals surface area contributed by atoms with E-state index in [-0.39, 0.29) is 11.4 Å². The lowest BCUT2D eigenvalue weighted by atomic mass is 9.96. The van der Waals surface area contributed by atoms with Gasteiger partial charge in [0.05, 0.1) is 14.2 Å². The molecular formula is C22H26N2O3. The van der Waals surface area contributed by atoms with Gasteiger partial charge in [-0.15, -0.1) is 0 Å². The molecule has 1 saturated carbocycles. The third kappa shape index (κ3) is 3.46. The van der Waals surface area contributed by atoms with Crippen molar-refractivity contribution in [2.75, 3.05) is 27.3 Å². The van der Waals surface area contributed by atoms with Crippen molar-refractivity contribution in [2.24, 2.45) is 0 Å². The summed E-state index contributed by atoms with van der Waals surface area (Å²) in [5.41, 5.74) is 3.80. The van der Waals surface area contributed by atoms with Crippen molar-refractivity contribution in [3.63, 3.8) is 0 Å². The van der Waals surface area contributed by atoms with Crippen LogP contribution in [0, 0.1) is 0 Å². The minimum absolute atomic E-state index is 0.0117. The second kappa shape index (κ2) is 7.14. The fourth-order valence-corrected chi connectivity index (χ4v) is 3.92. The topological polar surface area (TPSA) is 50.8 Å². The standard InChI is InChI=1S/C22H26N2O3/c1-26-19-12-16-8-11-24(14-17(16)13-20(19)27-2)21(25)23-15-22(9-10-22)18-6-4-3-5-7-18/h3-7,12-13H,8-11,14-15H2,1-2H3,(H,23,25). The van der Waals surface area contributed by atoms with Crippen LogP contribution in [0.1, 0.15) is 29.5 Å². The van der Waals surface area contributed by atoms with Crippen molar-refractivity contribution >= 4 is 6.03 Å². The molecule has 2 aliphatic rings. The van der Waals surface area contributed by atoms with Gasteiger partial charge in [-0.1, -0.05) is 30.3 Å². The Kier molecular flexibility index (Phi) is 4.68. The minimum Gasteiger partial charge on any atom is -0.493 e. The van der Waals surface area contributed by atoms with E-state index < -0.39 is 0 Å². The maximum Gasteiger partial charge on any atom is 0.317 e. The number of hydrogen-bond acceptors (Lipinski definition) is 3. The van der Waals surface area contributed by atoms with Crippen molar-refractivity contribution in [1.82, 2.24) is 10.2 Å². The molecular weight excluding hydrogens is 340 g/mol. The highest BCUT2D eigenvalue weighted by molar-refractivity contribution is 5.75. The summed E-state index contributed by atoms with van der Waals surface area (Å²) in [6.45, 7) is 2.01. The third-order valence-electron chi connectivity index (χ3n) is 5.82. The number of rotatable bonds is 5. The highest BCUT2D eigenvalue weighted by Crippen LogP contribution is 2.47. The van der Waals surface area contributed by atoms with E-state index in [2.05, 4.69) is 29.6 Å². The molecule has 1 aliphatic heterocycles. The zero-order chi connectivity index (χ0) is 18.9. The Morgan fingerprint density at radius 2 is 1.74 bits per heavy atom. The van der Waals surface area contributed by atoms with E-state index in [0.717, 1.165) is 30.6 Å². The number of nitrogens with one attached hydrogen (secondary N) is 1. The van der Waals surface area contributed by atoms with E-state index in [1.807, 2.05) is 23.1 Å². The lowest BCUT2D eigenvalue weighted by Crippen LogP contribution is -2.45. The molecule has 2 aromatic carbocycles. The first-order chi connectivity index (χ1) is 13.1. The highest BCUT2D eigenvalue weighted by Gasteiger charge is 2.44. The van der Waals surface area contributed by atoms with Crippen LogP contribution in [0.15, 0.2) is 42.5 Å². The monoisotopic (exact) mass is 366 g/mol. The molecule has 0 unspecified atom stereocenters. The van der Waals surface area contributed by atoms with Gasteiger partial charge in [0.15, 0.2) is 11.5 Å². The molecule has 1 aliphatic carbocycles. The number of benzene rings is 2. The number of urea groups is 1. The molecule has 2 aromatic rings. The van der Waals surface area contributed by atoms with Crippen molar-refractivity contribution in [3.05, 3.63) is 59.2 Å². The maximum absolute atomic E-state index is 12.8. The number of fused-ring (bicyclic) bond motifs is 1. The van der Waals surface area contributed by atoms with Crippen LogP contribution in [0.3, 0.4) is 0 Å². The van der Waals surface area contributed by atoms with Gasteiger partial charge in [0, 0.05) is 25.0 Å². The quantitative estimate of drug-likeness (QED) is 0.881. The Bertz CT molecular complexity index is 831. The molecule has 2 amide bonds. The molecule has 142 valence electrons. The van der Waals surface area contributed by atoms with Crippen LogP contribution in [0.25, 0.3) is 0 Å². The second-order valence-electron chi connectivity index (χ2n) is 7.45. The van der Waals surface area contributed by atoms with Gasteiger partial charge in [0.25, 0.3) is 0 Å². The van der Waals surface area contributed by atoms with Gasteiger partial charge in [-0.05, 0) is 48.1 Å². The Morgan fingerprint density at radius 3 is 2.37 bits per heavy atom. The summed E-state index contributed by atoms with van der Waals surface area (Å²) in [6, 6.07) is 14.5. The van der Waals surface area contributed by atoms with Gasteiger partial charge in [-0.2, -0.15) is 0 Å². The number of nitrogens with zero attached hydrogens (tertiary/aromatic N) is 1. The Morgan fingerprint density at radius 1 is 1.07 bits per heavy atom. The van der Waals surface area contributed by atoms with E-state index in [4.69, 9.17) is 9.47 Å². The zero-order valence-electron chi connectivity index (χ0n) is 16.0. The van der Waals surface area contributed by atoms with Crippen molar-refractivity contribution in [3.8, 4) is 11.5 Å². The number of carbonyl (C=O) groups is 1. The Hall–Kier alpha value is -2.69. The summed E-state index contributed by atoms with van der Waals surface area (Å²) in [6.07, 6.45) is 3.10. The lowest BCUT2D eigenvalue weighted by molar-refractivity contribution is 0.191. The molecule has 1 heterocycles. The van der Waals surface area contributed by atoms with Crippen LogP contribution >= 0.6 is 0 Å². The SMILES string of the molecule is COc1cc2c(cc1OC)CN(C(=O)NCC1(c3ccccc3)CC1)CC2. The van der Waals surface area contributed by atoms with Crippen LogP contribution in [-0.4, -0.2) is 38.2 Å². The number of amides is 2. The van der Waals surface area contributed by atoms with Crippen LogP contribution < -0.4 is 14.8 Å².